The Bertz CT molecular complexity index is 1150. The summed E-state index contributed by atoms with van der Waals surface area (Å²) in [6, 6.07) is 16.4. The van der Waals surface area contributed by atoms with E-state index in [9.17, 15) is 4.79 Å². The Morgan fingerprint density at radius 3 is 2.70 bits per heavy atom. The van der Waals surface area contributed by atoms with E-state index in [1.165, 1.54) is 36.1 Å². The average molecular weight is 461 g/mol. The molecule has 0 unspecified atom stereocenters. The molecule has 1 aliphatic heterocycles. The fraction of sp³-hybridized carbons (Fsp3) is 0.393. The van der Waals surface area contributed by atoms with Gasteiger partial charge in [0.2, 0.25) is 5.91 Å². The van der Waals surface area contributed by atoms with Crippen molar-refractivity contribution in [3.05, 3.63) is 80.5 Å². The maximum Gasteiger partial charge on any atom is 0.238 e. The Kier molecular flexibility index (Phi) is 6.52. The lowest BCUT2D eigenvalue weighted by molar-refractivity contribution is -0.117. The first-order valence-corrected chi connectivity index (χ1v) is 12.9. The minimum Gasteiger partial charge on any atom is -0.496 e. The van der Waals surface area contributed by atoms with Crippen molar-refractivity contribution in [3.8, 4) is 5.75 Å². The van der Waals surface area contributed by atoms with Crippen molar-refractivity contribution in [2.45, 2.75) is 51.5 Å². The summed E-state index contributed by atoms with van der Waals surface area (Å²) in [5, 5.41) is 3.17. The van der Waals surface area contributed by atoms with Crippen LogP contribution in [-0.2, 0) is 30.5 Å². The molecule has 0 fully saturated rings. The van der Waals surface area contributed by atoms with Gasteiger partial charge in [-0.25, -0.2) is 0 Å². The molecule has 1 atom stereocenters. The zero-order valence-electron chi connectivity index (χ0n) is 19.5. The summed E-state index contributed by atoms with van der Waals surface area (Å²) < 4.78 is 5.77. The van der Waals surface area contributed by atoms with Crippen LogP contribution in [0.4, 0.5) is 5.69 Å². The number of rotatable bonds is 6. The Morgan fingerprint density at radius 2 is 1.85 bits per heavy atom. The van der Waals surface area contributed by atoms with E-state index < -0.39 is 0 Å². The normalized spacial score (nSPS) is 17.8. The second-order valence-corrected chi connectivity index (χ2v) is 10.1. The van der Waals surface area contributed by atoms with Crippen LogP contribution in [0.25, 0.3) is 0 Å². The van der Waals surface area contributed by atoms with E-state index in [1.54, 1.807) is 23.1 Å². The number of methoxy groups -OCH3 is 1. The highest BCUT2D eigenvalue weighted by atomic mass is 32.1. The Morgan fingerprint density at radius 1 is 1.06 bits per heavy atom. The molecule has 0 radical (unpaired) electrons. The van der Waals surface area contributed by atoms with Gasteiger partial charge in [0, 0.05) is 27.5 Å². The van der Waals surface area contributed by atoms with Gasteiger partial charge in [-0.15, -0.1) is 11.3 Å². The number of carbonyl (C=O) groups is 1. The highest BCUT2D eigenvalue weighted by Crippen LogP contribution is 2.46. The number of aryl methyl sites for hydroxylation is 2. The first-order valence-electron chi connectivity index (χ1n) is 12.1. The summed E-state index contributed by atoms with van der Waals surface area (Å²) in [6.07, 6.45) is 6.89. The molecule has 5 rings (SSSR count). The van der Waals surface area contributed by atoms with Gasteiger partial charge in [0.1, 0.15) is 5.75 Å². The molecular formula is C28H32N2O2S. The van der Waals surface area contributed by atoms with Gasteiger partial charge >= 0.3 is 0 Å². The molecule has 1 aliphatic carbocycles. The van der Waals surface area contributed by atoms with E-state index in [0.29, 0.717) is 6.54 Å². The zero-order valence-corrected chi connectivity index (χ0v) is 20.3. The minimum atomic E-state index is 0.0422. The van der Waals surface area contributed by atoms with Crippen molar-refractivity contribution in [1.29, 1.82) is 0 Å². The van der Waals surface area contributed by atoms with Crippen LogP contribution in [0.5, 0.6) is 5.75 Å². The molecule has 2 aromatic carbocycles. The number of thiophene rings is 1. The molecule has 4 nitrogen and oxygen atoms in total. The number of fused-ring (bicyclic) bond motifs is 3. The fourth-order valence-electron chi connectivity index (χ4n) is 5.42. The molecular weight excluding hydrogens is 428 g/mol. The van der Waals surface area contributed by atoms with Gasteiger partial charge in [-0.05, 0) is 67.3 Å². The first kappa shape index (κ1) is 22.2. The third-order valence-electron chi connectivity index (χ3n) is 7.03. The summed E-state index contributed by atoms with van der Waals surface area (Å²) in [4.78, 5) is 18.5. The standard InChI is InChI=1S/C28H32N2O2S/c1-3-19-10-4-7-13-23(19)29-26(31)18-30-17-16-21-20-11-6-9-15-25(20)33-28(21)27(30)22-12-5-8-14-24(22)32-2/h4-5,7-8,10,12-14,27H,3,6,9,11,15-18H2,1-2H3,(H,29,31)/t27-/m1/s1. The number of carbonyl (C=O) groups excluding carboxylic acids is 1. The lowest BCUT2D eigenvalue weighted by Crippen LogP contribution is -2.41. The summed E-state index contributed by atoms with van der Waals surface area (Å²) in [5.74, 6) is 0.934. The molecule has 2 aliphatic rings. The van der Waals surface area contributed by atoms with E-state index in [-0.39, 0.29) is 11.9 Å². The van der Waals surface area contributed by atoms with Crippen LogP contribution in [0.2, 0.25) is 0 Å². The second kappa shape index (κ2) is 9.70. The molecule has 0 bridgehead atoms. The lowest BCUT2D eigenvalue weighted by Gasteiger charge is -2.36. The molecule has 1 amide bonds. The molecule has 1 aromatic heterocycles. The van der Waals surface area contributed by atoms with E-state index in [4.69, 9.17) is 4.74 Å². The zero-order chi connectivity index (χ0) is 22.8. The van der Waals surface area contributed by atoms with Gasteiger partial charge in [-0.1, -0.05) is 43.3 Å². The number of nitrogens with zero attached hydrogens (tertiary/aromatic N) is 1. The molecule has 2 heterocycles. The molecule has 33 heavy (non-hydrogen) atoms. The number of amides is 1. The highest BCUT2D eigenvalue weighted by molar-refractivity contribution is 7.12. The van der Waals surface area contributed by atoms with Crippen LogP contribution in [0.3, 0.4) is 0 Å². The Labute approximate surface area is 200 Å². The van der Waals surface area contributed by atoms with Crippen LogP contribution in [0, 0.1) is 0 Å². The smallest absolute Gasteiger partial charge is 0.238 e. The van der Waals surface area contributed by atoms with Crippen molar-refractivity contribution in [1.82, 2.24) is 4.90 Å². The third-order valence-corrected chi connectivity index (χ3v) is 8.41. The van der Waals surface area contributed by atoms with Crippen LogP contribution in [0.15, 0.2) is 48.5 Å². The van der Waals surface area contributed by atoms with Crippen LogP contribution < -0.4 is 10.1 Å². The Balaban J connectivity index is 1.48. The van der Waals surface area contributed by atoms with Crippen molar-refractivity contribution >= 4 is 22.9 Å². The van der Waals surface area contributed by atoms with Gasteiger partial charge in [0.25, 0.3) is 0 Å². The molecule has 172 valence electrons. The molecule has 0 saturated heterocycles. The lowest BCUT2D eigenvalue weighted by atomic mass is 9.88. The predicted octanol–water partition coefficient (Wildman–Crippen LogP) is 5.78. The molecule has 0 spiro atoms. The van der Waals surface area contributed by atoms with Crippen molar-refractivity contribution in [2.24, 2.45) is 0 Å². The SMILES string of the molecule is CCc1ccccc1NC(=O)CN1CCc2c(sc3c2CCCC3)[C@H]1c1ccccc1OC. The fourth-order valence-corrected chi connectivity index (χ4v) is 7.02. The second-order valence-electron chi connectivity index (χ2n) is 8.98. The Hall–Kier alpha value is -2.63. The van der Waals surface area contributed by atoms with E-state index >= 15 is 0 Å². The largest absolute Gasteiger partial charge is 0.496 e. The summed E-state index contributed by atoms with van der Waals surface area (Å²) in [7, 11) is 1.74. The first-order chi connectivity index (χ1) is 16.2. The molecule has 0 saturated carbocycles. The topological polar surface area (TPSA) is 41.6 Å². The van der Waals surface area contributed by atoms with E-state index in [1.807, 2.05) is 41.7 Å². The van der Waals surface area contributed by atoms with Gasteiger partial charge in [-0.2, -0.15) is 0 Å². The highest BCUT2D eigenvalue weighted by Gasteiger charge is 2.36. The van der Waals surface area contributed by atoms with Crippen LogP contribution in [-0.4, -0.2) is 31.0 Å². The number of hydrogen-bond acceptors (Lipinski definition) is 4. The van der Waals surface area contributed by atoms with Gasteiger partial charge in [0.15, 0.2) is 0 Å². The van der Waals surface area contributed by atoms with E-state index in [2.05, 4.69) is 35.3 Å². The maximum absolute atomic E-state index is 13.2. The average Bonchev–Trinajstić information content (AvgIpc) is 3.23. The third kappa shape index (κ3) is 4.32. The number of nitrogens with one attached hydrogen (secondary N) is 1. The molecule has 1 N–H and O–H groups in total. The molecule has 5 heteroatoms. The quantitative estimate of drug-likeness (QED) is 0.507. The van der Waals surface area contributed by atoms with Gasteiger partial charge in [-0.3, -0.25) is 9.69 Å². The number of hydrogen-bond donors (Lipinski definition) is 1. The van der Waals surface area contributed by atoms with Crippen LogP contribution >= 0.6 is 11.3 Å². The van der Waals surface area contributed by atoms with Gasteiger partial charge < -0.3 is 10.1 Å². The summed E-state index contributed by atoms with van der Waals surface area (Å²) in [6.45, 7) is 3.36. The molecule has 3 aromatic rings. The number of anilines is 1. The number of para-hydroxylation sites is 2. The summed E-state index contributed by atoms with van der Waals surface area (Å²) >= 11 is 1.97. The van der Waals surface area contributed by atoms with Gasteiger partial charge in [0.05, 0.1) is 19.7 Å². The maximum atomic E-state index is 13.2. The summed E-state index contributed by atoms with van der Waals surface area (Å²) in [5.41, 5.74) is 6.38. The number of ether oxygens (including phenoxy) is 1. The predicted molar refractivity (Wildman–Crippen MR) is 136 cm³/mol. The van der Waals surface area contributed by atoms with Crippen molar-refractivity contribution in [3.63, 3.8) is 0 Å². The monoisotopic (exact) mass is 460 g/mol. The number of benzene rings is 2. The van der Waals surface area contributed by atoms with Crippen molar-refractivity contribution in [2.75, 3.05) is 25.5 Å². The van der Waals surface area contributed by atoms with Crippen molar-refractivity contribution < 1.29 is 9.53 Å². The minimum absolute atomic E-state index is 0.0422. The van der Waals surface area contributed by atoms with E-state index in [0.717, 1.165) is 36.4 Å². The van der Waals surface area contributed by atoms with Crippen LogP contribution in [0.1, 0.15) is 57.8 Å².